The molecule has 0 saturated heterocycles. The minimum absolute atomic E-state index is 0.0831. The number of hydrogen-bond acceptors (Lipinski definition) is 3. The summed E-state index contributed by atoms with van der Waals surface area (Å²) in [5.74, 6) is 1.39. The monoisotopic (exact) mass is 417 g/mol. The average molecular weight is 419 g/mol. The van der Waals surface area contributed by atoms with E-state index in [4.69, 9.17) is 32.7 Å². The lowest BCUT2D eigenvalue weighted by molar-refractivity contribution is 0.354. The van der Waals surface area contributed by atoms with E-state index in [0.29, 0.717) is 28.1 Å². The maximum Gasteiger partial charge on any atom is 0.161 e. The number of halogens is 3. The van der Waals surface area contributed by atoms with E-state index in [-0.39, 0.29) is 6.04 Å². The number of ether oxygens (including phenoxy) is 2. The van der Waals surface area contributed by atoms with Gasteiger partial charge in [-0.15, -0.1) is 0 Å². The van der Waals surface area contributed by atoms with Crippen LogP contribution in [0.5, 0.6) is 11.5 Å². The molecule has 0 aliphatic heterocycles. The van der Waals surface area contributed by atoms with E-state index in [9.17, 15) is 0 Å². The van der Waals surface area contributed by atoms with Crippen LogP contribution in [0, 0.1) is 0 Å². The second kappa shape index (κ2) is 8.25. The van der Waals surface area contributed by atoms with Crippen molar-refractivity contribution in [2.75, 3.05) is 14.2 Å². The van der Waals surface area contributed by atoms with Crippen molar-refractivity contribution in [2.45, 2.75) is 19.5 Å². The van der Waals surface area contributed by atoms with Gasteiger partial charge in [-0.3, -0.25) is 0 Å². The molecule has 0 amide bonds. The number of methoxy groups -OCH3 is 2. The van der Waals surface area contributed by atoms with Crippen LogP contribution in [0.25, 0.3) is 0 Å². The van der Waals surface area contributed by atoms with Crippen molar-refractivity contribution < 1.29 is 9.47 Å². The van der Waals surface area contributed by atoms with Crippen molar-refractivity contribution >= 4 is 39.1 Å². The van der Waals surface area contributed by atoms with E-state index >= 15 is 0 Å². The molecule has 1 N–H and O–H groups in total. The Labute approximate surface area is 155 Å². The molecule has 23 heavy (non-hydrogen) atoms. The van der Waals surface area contributed by atoms with Gasteiger partial charge in [-0.2, -0.15) is 0 Å². The lowest BCUT2D eigenvalue weighted by atomic mass is 10.1. The van der Waals surface area contributed by atoms with Gasteiger partial charge in [0, 0.05) is 27.1 Å². The first-order valence-electron chi connectivity index (χ1n) is 7.05. The molecular formula is C17H18BrCl2NO2. The quantitative estimate of drug-likeness (QED) is 0.659. The molecule has 2 rings (SSSR count). The van der Waals surface area contributed by atoms with Crippen molar-refractivity contribution in [1.82, 2.24) is 5.32 Å². The fourth-order valence-corrected chi connectivity index (χ4v) is 3.29. The van der Waals surface area contributed by atoms with Gasteiger partial charge >= 0.3 is 0 Å². The summed E-state index contributed by atoms with van der Waals surface area (Å²) < 4.78 is 11.6. The van der Waals surface area contributed by atoms with Crippen LogP contribution in [0.3, 0.4) is 0 Å². The van der Waals surface area contributed by atoms with Crippen LogP contribution >= 0.6 is 39.1 Å². The minimum atomic E-state index is 0.0831. The van der Waals surface area contributed by atoms with E-state index in [2.05, 4.69) is 28.2 Å². The van der Waals surface area contributed by atoms with Crippen LogP contribution < -0.4 is 14.8 Å². The molecule has 0 aliphatic carbocycles. The average Bonchev–Trinajstić information content (AvgIpc) is 2.53. The number of benzene rings is 2. The second-order valence-electron chi connectivity index (χ2n) is 5.07. The van der Waals surface area contributed by atoms with Gasteiger partial charge in [0.05, 0.1) is 14.2 Å². The summed E-state index contributed by atoms with van der Waals surface area (Å²) >= 11 is 15.8. The van der Waals surface area contributed by atoms with Crippen molar-refractivity contribution in [3.8, 4) is 11.5 Å². The predicted molar refractivity (Wildman–Crippen MR) is 99.0 cm³/mol. The maximum atomic E-state index is 6.25. The lowest BCUT2D eigenvalue weighted by Gasteiger charge is -2.18. The molecule has 6 heteroatoms. The molecule has 0 radical (unpaired) electrons. The maximum absolute atomic E-state index is 6.25. The van der Waals surface area contributed by atoms with E-state index in [0.717, 1.165) is 15.6 Å². The summed E-state index contributed by atoms with van der Waals surface area (Å²) in [5, 5.41) is 4.74. The topological polar surface area (TPSA) is 30.5 Å². The zero-order chi connectivity index (χ0) is 17.0. The Balaban J connectivity index is 2.14. The first kappa shape index (κ1) is 18.4. The molecule has 0 aromatic heterocycles. The second-order valence-corrected chi connectivity index (χ2v) is 6.76. The van der Waals surface area contributed by atoms with Crippen LogP contribution in [-0.4, -0.2) is 14.2 Å². The lowest BCUT2D eigenvalue weighted by Crippen LogP contribution is -2.18. The van der Waals surface area contributed by atoms with Gasteiger partial charge in [0.15, 0.2) is 11.5 Å². The van der Waals surface area contributed by atoms with Crippen LogP contribution in [0.15, 0.2) is 34.8 Å². The van der Waals surface area contributed by atoms with Gasteiger partial charge in [-0.05, 0) is 42.3 Å². The van der Waals surface area contributed by atoms with Gasteiger partial charge in [-0.25, -0.2) is 0 Å². The van der Waals surface area contributed by atoms with Crippen LogP contribution in [-0.2, 0) is 6.54 Å². The highest BCUT2D eigenvalue weighted by Crippen LogP contribution is 2.34. The molecule has 0 saturated carbocycles. The molecule has 1 atom stereocenters. The Morgan fingerprint density at radius 2 is 1.74 bits per heavy atom. The minimum Gasteiger partial charge on any atom is -0.493 e. The summed E-state index contributed by atoms with van der Waals surface area (Å²) in [4.78, 5) is 0. The first-order chi connectivity index (χ1) is 11.0. The Morgan fingerprint density at radius 3 is 2.35 bits per heavy atom. The Bertz CT molecular complexity index is 695. The molecule has 0 unspecified atom stereocenters. The Hall–Kier alpha value is -0.940. The van der Waals surface area contributed by atoms with Gasteiger partial charge in [0.1, 0.15) is 0 Å². The van der Waals surface area contributed by atoms with E-state index in [1.165, 1.54) is 0 Å². The third kappa shape index (κ3) is 4.54. The fraction of sp³-hybridized carbons (Fsp3) is 0.294. The highest BCUT2D eigenvalue weighted by atomic mass is 79.9. The van der Waals surface area contributed by atoms with Crippen molar-refractivity contribution in [1.29, 1.82) is 0 Å². The van der Waals surface area contributed by atoms with Crippen LogP contribution in [0.4, 0.5) is 0 Å². The van der Waals surface area contributed by atoms with Crippen molar-refractivity contribution in [2.24, 2.45) is 0 Å². The predicted octanol–water partition coefficient (Wildman–Crippen LogP) is 5.62. The van der Waals surface area contributed by atoms with Gasteiger partial charge in [0.25, 0.3) is 0 Å². The highest BCUT2D eigenvalue weighted by molar-refractivity contribution is 9.10. The van der Waals surface area contributed by atoms with Crippen LogP contribution in [0.2, 0.25) is 10.0 Å². The van der Waals surface area contributed by atoms with E-state index < -0.39 is 0 Å². The molecule has 2 aromatic carbocycles. The number of nitrogens with one attached hydrogen (secondary N) is 1. The Kier molecular flexibility index (Phi) is 6.60. The largest absolute Gasteiger partial charge is 0.493 e. The van der Waals surface area contributed by atoms with Crippen LogP contribution in [0.1, 0.15) is 24.1 Å². The standard InChI is InChI=1S/C17H18BrCl2NO2/c1-10(13-5-4-12(19)7-15(13)20)21-9-11-6-16(22-2)17(23-3)8-14(11)18/h4-8,10,21H,9H2,1-3H3/t10-/m0/s1. The third-order valence-corrected chi connectivity index (χ3v) is 4.88. The van der Waals surface area contributed by atoms with Crippen molar-refractivity contribution in [3.05, 3.63) is 56.0 Å². The summed E-state index contributed by atoms with van der Waals surface area (Å²) in [7, 11) is 3.24. The van der Waals surface area contributed by atoms with Gasteiger partial charge in [-0.1, -0.05) is 45.2 Å². The van der Waals surface area contributed by atoms with Crippen molar-refractivity contribution in [3.63, 3.8) is 0 Å². The molecule has 124 valence electrons. The molecule has 3 nitrogen and oxygen atoms in total. The SMILES string of the molecule is COc1cc(Br)c(CN[C@@H](C)c2ccc(Cl)cc2Cl)cc1OC. The fourth-order valence-electron chi connectivity index (χ4n) is 2.26. The molecular weight excluding hydrogens is 401 g/mol. The number of hydrogen-bond donors (Lipinski definition) is 1. The van der Waals surface area contributed by atoms with Gasteiger partial charge < -0.3 is 14.8 Å². The molecule has 0 fully saturated rings. The summed E-state index contributed by atoms with van der Waals surface area (Å²) in [6.45, 7) is 2.71. The summed E-state index contributed by atoms with van der Waals surface area (Å²) in [6, 6.07) is 9.46. The summed E-state index contributed by atoms with van der Waals surface area (Å²) in [6.07, 6.45) is 0. The van der Waals surface area contributed by atoms with E-state index in [1.807, 2.05) is 24.3 Å². The smallest absolute Gasteiger partial charge is 0.161 e. The molecule has 0 spiro atoms. The van der Waals surface area contributed by atoms with E-state index in [1.54, 1.807) is 20.3 Å². The zero-order valence-electron chi connectivity index (χ0n) is 13.1. The first-order valence-corrected chi connectivity index (χ1v) is 8.60. The Morgan fingerprint density at radius 1 is 1.09 bits per heavy atom. The third-order valence-electron chi connectivity index (χ3n) is 3.58. The van der Waals surface area contributed by atoms with Gasteiger partial charge in [0.2, 0.25) is 0 Å². The summed E-state index contributed by atoms with van der Waals surface area (Å²) in [5.41, 5.74) is 2.08. The molecule has 0 bridgehead atoms. The normalized spacial score (nSPS) is 12.1. The molecule has 2 aromatic rings. The number of rotatable bonds is 6. The molecule has 0 aliphatic rings. The molecule has 0 heterocycles. The highest BCUT2D eigenvalue weighted by Gasteiger charge is 2.13. The zero-order valence-corrected chi connectivity index (χ0v) is 16.2.